The topological polar surface area (TPSA) is 210 Å². The van der Waals surface area contributed by atoms with E-state index in [0.717, 1.165) is 38.4 Å². The van der Waals surface area contributed by atoms with Gasteiger partial charge >= 0.3 is 5.97 Å². The smallest absolute Gasteiger partial charge is 0.311 e. The van der Waals surface area contributed by atoms with E-state index in [0.29, 0.717) is 45.3 Å². The molecule has 4 aliphatic heterocycles. The summed E-state index contributed by atoms with van der Waals surface area (Å²) in [6, 6.07) is 7.74. The lowest BCUT2D eigenvalue weighted by atomic mass is 9.76. The minimum Gasteiger partial charge on any atom is -0.461 e. The number of esters is 1. The van der Waals surface area contributed by atoms with Gasteiger partial charge < -0.3 is 69.1 Å². The molecule has 0 aliphatic carbocycles. The Hall–Kier alpha value is -2.36. The van der Waals surface area contributed by atoms with E-state index in [4.69, 9.17) is 33.2 Å². The average Bonchev–Trinajstić information content (AvgIpc) is 3.31. The van der Waals surface area contributed by atoms with Gasteiger partial charge in [-0.25, -0.2) is 0 Å². The van der Waals surface area contributed by atoms with E-state index in [1.807, 2.05) is 46.6 Å². The van der Waals surface area contributed by atoms with Gasteiger partial charge in [0.05, 0.1) is 61.4 Å². The second-order valence-corrected chi connectivity index (χ2v) is 21.2. The van der Waals surface area contributed by atoms with Crippen molar-refractivity contribution in [2.75, 3.05) is 66.7 Å². The van der Waals surface area contributed by atoms with Crippen molar-refractivity contribution in [1.29, 1.82) is 0 Å². The van der Waals surface area contributed by atoms with Crippen LogP contribution in [0, 0.1) is 17.3 Å². The lowest BCUT2D eigenvalue weighted by Crippen LogP contribution is -2.60. The maximum absolute atomic E-state index is 14.4. The molecule has 1 aromatic rings. The summed E-state index contributed by atoms with van der Waals surface area (Å²) in [7, 11) is 3.45. The Morgan fingerprint density at radius 3 is 2.26 bits per heavy atom. The van der Waals surface area contributed by atoms with E-state index in [-0.39, 0.29) is 37.8 Å². The first-order valence-corrected chi connectivity index (χ1v) is 25.3. The highest BCUT2D eigenvalue weighted by Gasteiger charge is 2.51. The number of hydrogen-bond acceptors (Lipinski definition) is 16. The lowest BCUT2D eigenvalue weighted by molar-refractivity contribution is -0.311. The van der Waals surface area contributed by atoms with Crippen LogP contribution in [0.5, 0.6) is 0 Å². The van der Waals surface area contributed by atoms with Gasteiger partial charge in [-0.3, -0.25) is 14.5 Å². The van der Waals surface area contributed by atoms with E-state index in [9.17, 15) is 30.0 Å². The summed E-state index contributed by atoms with van der Waals surface area (Å²) < 4.78 is 43.4. The summed E-state index contributed by atoms with van der Waals surface area (Å²) in [4.78, 5) is 31.8. The minimum absolute atomic E-state index is 0.102. The fourth-order valence-corrected chi connectivity index (χ4v) is 10.6. The number of nitrogens with zero attached hydrogens (tertiary/aromatic N) is 2. The Morgan fingerprint density at radius 2 is 1.60 bits per heavy atom. The van der Waals surface area contributed by atoms with Crippen molar-refractivity contribution in [2.45, 2.75) is 192 Å². The Kier molecular flexibility index (Phi) is 21.1. The number of likely N-dealkylation sites (N-methyl/N-ethyl adjacent to an activating group) is 1. The van der Waals surface area contributed by atoms with Crippen molar-refractivity contribution in [3.8, 4) is 0 Å². The zero-order valence-electron chi connectivity index (χ0n) is 43.0. The number of amides is 1. The van der Waals surface area contributed by atoms with Crippen LogP contribution in [0.15, 0.2) is 24.3 Å². The van der Waals surface area contributed by atoms with E-state index in [1.54, 1.807) is 27.7 Å². The summed E-state index contributed by atoms with van der Waals surface area (Å²) in [5.74, 6) is -2.34. The number of methoxy groups -OCH3 is 1. The van der Waals surface area contributed by atoms with Gasteiger partial charge in [-0.15, -0.1) is 0 Å². The van der Waals surface area contributed by atoms with Crippen LogP contribution in [0.2, 0.25) is 0 Å². The van der Waals surface area contributed by atoms with Crippen LogP contribution in [0.3, 0.4) is 0 Å². The van der Waals surface area contributed by atoms with Crippen LogP contribution in [0.25, 0.3) is 0 Å². The van der Waals surface area contributed by atoms with Crippen molar-refractivity contribution in [2.24, 2.45) is 17.3 Å². The highest BCUT2D eigenvalue weighted by molar-refractivity contribution is 5.76. The number of cyclic esters (lactones) is 1. The molecular formula is C51H88N4O13. The van der Waals surface area contributed by atoms with Gasteiger partial charge in [0.1, 0.15) is 18.3 Å². The summed E-state index contributed by atoms with van der Waals surface area (Å²) in [6.45, 7) is 22.4. The summed E-state index contributed by atoms with van der Waals surface area (Å²) in [5.41, 5.74) is -0.993. The third-order valence-electron chi connectivity index (χ3n) is 15.5. The van der Waals surface area contributed by atoms with Crippen LogP contribution in [0.1, 0.15) is 112 Å². The maximum atomic E-state index is 14.4. The third kappa shape index (κ3) is 14.6. The Bertz CT molecular complexity index is 1700. The summed E-state index contributed by atoms with van der Waals surface area (Å²) in [6.07, 6.45) is -5.70. The normalized spacial score (nSPS) is 38.5. The molecule has 4 heterocycles. The molecule has 4 fully saturated rings. The van der Waals surface area contributed by atoms with Crippen molar-refractivity contribution in [3.05, 3.63) is 35.4 Å². The number of carbonyl (C=O) groups excluding carboxylic acids is 2. The first kappa shape index (κ1) is 56.6. The largest absolute Gasteiger partial charge is 0.461 e. The van der Waals surface area contributed by atoms with Crippen molar-refractivity contribution < 1.29 is 63.2 Å². The zero-order valence-corrected chi connectivity index (χ0v) is 43.0. The molecule has 6 N–H and O–H groups in total. The molecule has 17 heteroatoms. The molecule has 0 unspecified atom stereocenters. The molecule has 0 spiro atoms. The molecule has 0 bridgehead atoms. The van der Waals surface area contributed by atoms with E-state index < -0.39 is 95.8 Å². The molecule has 0 saturated carbocycles. The predicted octanol–water partition coefficient (Wildman–Crippen LogP) is 3.15. The number of morpholine rings is 1. The summed E-state index contributed by atoms with van der Waals surface area (Å²) >= 11 is 0. The molecule has 68 heavy (non-hydrogen) atoms. The van der Waals surface area contributed by atoms with Crippen molar-refractivity contribution in [3.63, 3.8) is 0 Å². The molecule has 1 aromatic carbocycles. The molecule has 0 radical (unpaired) electrons. The average molecular weight is 965 g/mol. The number of rotatable bonds is 15. The summed E-state index contributed by atoms with van der Waals surface area (Å²) in [5, 5.41) is 53.5. The quantitative estimate of drug-likeness (QED) is 0.140. The molecule has 5 rings (SSSR count). The standard InChI is InChI=1S/C51H88N4O13/c1-12-39-49(6,7)44(58)34(4)54(10)24-13-21-50(8,61)46(32(2)43(33(3)47(60)66-39)67-41-30-51(9,62-11)45(59)35(5)65-41)68-48-42(57)38(20-27-64-48)52-23-19-40(56)53-22-18-36-14-16-37(17-15-36)31-55-25-28-63-29-26-55/h14-17,32-35,38-39,41-46,48,52,57-59,61H,12-13,18-31H2,1-11H3,(H,53,56)/t32-,33+,34+,35-,38-,39+,41-,42+,43-,44+,45-,46+,48-,50+,51+/m0/s1. The molecule has 0 aromatic heterocycles. The highest BCUT2D eigenvalue weighted by Crippen LogP contribution is 2.40. The number of ether oxygens (including phenoxy) is 7. The molecule has 390 valence electrons. The number of hydrogen-bond donors (Lipinski definition) is 6. The highest BCUT2D eigenvalue weighted by atomic mass is 16.7. The minimum atomic E-state index is -1.55. The van der Waals surface area contributed by atoms with Gasteiger partial charge in [0.25, 0.3) is 0 Å². The Morgan fingerprint density at radius 1 is 0.926 bits per heavy atom. The fourth-order valence-electron chi connectivity index (χ4n) is 10.6. The second-order valence-electron chi connectivity index (χ2n) is 21.2. The first-order valence-electron chi connectivity index (χ1n) is 25.3. The lowest BCUT2D eigenvalue weighted by Gasteiger charge is -2.48. The van der Waals surface area contributed by atoms with Gasteiger partial charge in [0.2, 0.25) is 5.91 Å². The SMILES string of the molecule is CC[C@H]1OC(=O)[C@H](C)[C@@H](O[C@H]2C[C@@](C)(OC)[C@@H](O)[C@H](C)O2)[C@H](C)[C@@H](O[C@@H]2OCC[C@H](NCCC(=O)NCCc3ccc(CN4CCOCC4)cc3)[C@H]2O)[C@](C)(O)CCCN(C)[C@H](C)[C@@H](O)C1(C)C. The fraction of sp³-hybridized carbons (Fsp3) is 0.843. The number of carbonyl (C=O) groups is 2. The second kappa shape index (κ2) is 25.3. The number of aliphatic hydroxyl groups is 4. The molecule has 15 atom stereocenters. The maximum Gasteiger partial charge on any atom is 0.311 e. The van der Waals surface area contributed by atoms with Crippen LogP contribution >= 0.6 is 0 Å². The zero-order chi connectivity index (χ0) is 50.0. The van der Waals surface area contributed by atoms with Crippen molar-refractivity contribution >= 4 is 11.9 Å². The number of benzene rings is 1. The Labute approximate surface area is 406 Å². The predicted molar refractivity (Wildman–Crippen MR) is 256 cm³/mol. The molecule has 1 amide bonds. The van der Waals surface area contributed by atoms with Gasteiger partial charge in [-0.05, 0) is 91.4 Å². The van der Waals surface area contributed by atoms with Crippen molar-refractivity contribution in [1.82, 2.24) is 20.4 Å². The number of aliphatic hydroxyl groups excluding tert-OH is 3. The Balaban J connectivity index is 1.29. The van der Waals surface area contributed by atoms with E-state index >= 15 is 0 Å². The third-order valence-corrected chi connectivity index (χ3v) is 15.5. The molecular weight excluding hydrogens is 877 g/mol. The van der Waals surface area contributed by atoms with Gasteiger partial charge in [0.15, 0.2) is 12.6 Å². The van der Waals surface area contributed by atoms with E-state index in [1.165, 1.54) is 12.7 Å². The van der Waals surface area contributed by atoms with E-state index in [2.05, 4.69) is 39.8 Å². The van der Waals surface area contributed by atoms with Gasteiger partial charge in [-0.1, -0.05) is 52.0 Å². The molecule has 4 saturated heterocycles. The number of nitrogens with one attached hydrogen (secondary N) is 2. The van der Waals surface area contributed by atoms with Gasteiger partial charge in [0, 0.05) is 76.1 Å². The van der Waals surface area contributed by atoms with Gasteiger partial charge in [-0.2, -0.15) is 0 Å². The van der Waals surface area contributed by atoms with Crippen LogP contribution in [-0.4, -0.2) is 187 Å². The van der Waals surface area contributed by atoms with Crippen LogP contribution in [0.4, 0.5) is 0 Å². The first-order chi connectivity index (χ1) is 32.1. The van der Waals surface area contributed by atoms with Crippen LogP contribution < -0.4 is 10.6 Å². The molecule has 17 nitrogen and oxygen atoms in total. The molecule has 4 aliphatic rings. The van der Waals surface area contributed by atoms with Crippen LogP contribution in [-0.2, 0) is 55.7 Å². The monoisotopic (exact) mass is 965 g/mol.